The number of nitrogen functional groups attached to an aromatic ring is 1. The monoisotopic (exact) mass is 160 g/mol. The Morgan fingerprint density at radius 1 is 1.58 bits per heavy atom. The fourth-order valence-corrected chi connectivity index (χ4v) is 0.666. The third-order valence-corrected chi connectivity index (χ3v) is 1.19. The Bertz CT molecular complexity index is 307. The lowest BCUT2D eigenvalue weighted by molar-refractivity contribution is 1.33. The molecule has 0 aliphatic heterocycles. The number of aromatic nitrogens is 1. The van der Waals surface area contributed by atoms with E-state index in [1.807, 2.05) is 6.07 Å². The summed E-state index contributed by atoms with van der Waals surface area (Å²) >= 11 is 0. The van der Waals surface area contributed by atoms with E-state index in [1.54, 1.807) is 18.3 Å². The molecule has 1 rings (SSSR count). The zero-order valence-electron chi connectivity index (χ0n) is 6.36. The summed E-state index contributed by atoms with van der Waals surface area (Å²) in [6.45, 7) is 0. The largest absolute Gasteiger partial charge is 0.384 e. The maximum absolute atomic E-state index is 8.18. The minimum absolute atomic E-state index is 0.477. The van der Waals surface area contributed by atoms with Crippen molar-refractivity contribution in [1.82, 2.24) is 4.98 Å². The van der Waals surface area contributed by atoms with Gasteiger partial charge in [0.25, 0.3) is 0 Å². The summed E-state index contributed by atoms with van der Waals surface area (Å²) in [5, 5.41) is 11.0. The van der Waals surface area contributed by atoms with Gasteiger partial charge in [-0.1, -0.05) is 0 Å². The topological polar surface area (TPSA) is 74.7 Å². The highest BCUT2D eigenvalue weighted by molar-refractivity contribution is 5.47. The predicted octanol–water partition coefficient (Wildman–Crippen LogP) is 1.11. The molecule has 60 valence electrons. The third kappa shape index (κ3) is 2.31. The summed E-state index contributed by atoms with van der Waals surface area (Å²) in [5.41, 5.74) is 6.17. The van der Waals surface area contributed by atoms with E-state index in [1.165, 1.54) is 12.3 Å². The molecule has 0 atom stereocenters. The average Bonchev–Trinajstić information content (AvgIpc) is 2.09. The van der Waals surface area contributed by atoms with Gasteiger partial charge in [-0.2, -0.15) is 5.26 Å². The first-order valence-electron chi connectivity index (χ1n) is 3.35. The van der Waals surface area contributed by atoms with E-state index >= 15 is 0 Å². The van der Waals surface area contributed by atoms with Crippen LogP contribution >= 0.6 is 0 Å². The summed E-state index contributed by atoms with van der Waals surface area (Å²) in [5.74, 6) is 0.477. The molecule has 4 nitrogen and oxygen atoms in total. The Morgan fingerprint density at radius 3 is 3.00 bits per heavy atom. The number of anilines is 2. The van der Waals surface area contributed by atoms with Gasteiger partial charge >= 0.3 is 0 Å². The molecule has 4 heteroatoms. The smallest absolute Gasteiger partial charge is 0.123 e. The summed E-state index contributed by atoms with van der Waals surface area (Å²) in [6.07, 6.45) is 4.47. The van der Waals surface area contributed by atoms with Gasteiger partial charge < -0.3 is 11.1 Å². The first-order chi connectivity index (χ1) is 5.83. The second-order valence-electron chi connectivity index (χ2n) is 2.08. The van der Waals surface area contributed by atoms with Crippen LogP contribution in [0.3, 0.4) is 0 Å². The number of nitriles is 1. The number of allylic oxidation sites excluding steroid dienone is 1. The van der Waals surface area contributed by atoms with Crippen molar-refractivity contribution in [2.45, 2.75) is 0 Å². The van der Waals surface area contributed by atoms with Gasteiger partial charge in [0.15, 0.2) is 0 Å². The molecule has 12 heavy (non-hydrogen) atoms. The van der Waals surface area contributed by atoms with Crippen LogP contribution in [0.5, 0.6) is 0 Å². The molecule has 0 spiro atoms. The second kappa shape index (κ2) is 3.98. The van der Waals surface area contributed by atoms with Crippen LogP contribution in [0, 0.1) is 11.3 Å². The minimum atomic E-state index is 0.477. The normalized spacial score (nSPS) is 9.58. The molecule has 0 saturated heterocycles. The van der Waals surface area contributed by atoms with E-state index in [9.17, 15) is 0 Å². The van der Waals surface area contributed by atoms with E-state index in [0.717, 1.165) is 5.69 Å². The summed E-state index contributed by atoms with van der Waals surface area (Å²) in [4.78, 5) is 3.86. The molecule has 1 aromatic rings. The van der Waals surface area contributed by atoms with Gasteiger partial charge in [0.05, 0.1) is 18.0 Å². The first-order valence-corrected chi connectivity index (χ1v) is 3.35. The molecule has 0 bridgehead atoms. The Labute approximate surface area is 70.3 Å². The van der Waals surface area contributed by atoms with Crippen LogP contribution in [-0.4, -0.2) is 4.98 Å². The first kappa shape index (κ1) is 8.08. The van der Waals surface area contributed by atoms with Gasteiger partial charge in [-0.05, 0) is 12.1 Å². The van der Waals surface area contributed by atoms with Crippen molar-refractivity contribution in [3.63, 3.8) is 0 Å². The lowest BCUT2D eigenvalue weighted by Gasteiger charge is -1.98. The fraction of sp³-hybridized carbons (Fsp3) is 0. The lowest BCUT2D eigenvalue weighted by Crippen LogP contribution is -1.91. The van der Waals surface area contributed by atoms with Crippen LogP contribution in [-0.2, 0) is 0 Å². The molecule has 0 saturated carbocycles. The minimum Gasteiger partial charge on any atom is -0.384 e. The molecule has 0 aromatic carbocycles. The van der Waals surface area contributed by atoms with Crippen LogP contribution in [0.15, 0.2) is 30.6 Å². The van der Waals surface area contributed by atoms with E-state index in [2.05, 4.69) is 10.3 Å². The summed E-state index contributed by atoms with van der Waals surface area (Å²) in [7, 11) is 0. The third-order valence-electron chi connectivity index (χ3n) is 1.19. The number of pyridine rings is 1. The summed E-state index contributed by atoms with van der Waals surface area (Å²) < 4.78 is 0. The summed E-state index contributed by atoms with van der Waals surface area (Å²) in [6, 6.07) is 5.33. The molecule has 0 fully saturated rings. The van der Waals surface area contributed by atoms with Crippen molar-refractivity contribution < 1.29 is 0 Å². The van der Waals surface area contributed by atoms with Crippen molar-refractivity contribution in [2.24, 2.45) is 0 Å². The van der Waals surface area contributed by atoms with Crippen LogP contribution in [0.1, 0.15) is 0 Å². The molecule has 1 heterocycles. The van der Waals surface area contributed by atoms with Crippen molar-refractivity contribution in [1.29, 1.82) is 5.26 Å². The standard InChI is InChI=1S/C8H8N4/c9-4-1-5-11-7-2-3-8(10)12-6-7/h1-3,5-6,11H,(H2,10,12). The van der Waals surface area contributed by atoms with Crippen LogP contribution in [0.2, 0.25) is 0 Å². The predicted molar refractivity (Wildman–Crippen MR) is 47.0 cm³/mol. The van der Waals surface area contributed by atoms with Gasteiger partial charge in [-0.15, -0.1) is 0 Å². The Morgan fingerprint density at radius 2 is 2.42 bits per heavy atom. The number of nitrogens with two attached hydrogens (primary N) is 1. The molecular formula is C8H8N4. The van der Waals surface area contributed by atoms with Gasteiger partial charge in [-0.25, -0.2) is 4.98 Å². The zero-order valence-corrected chi connectivity index (χ0v) is 6.36. The lowest BCUT2D eigenvalue weighted by atomic mass is 10.4. The van der Waals surface area contributed by atoms with E-state index in [4.69, 9.17) is 11.0 Å². The van der Waals surface area contributed by atoms with E-state index in [0.29, 0.717) is 5.82 Å². The van der Waals surface area contributed by atoms with Crippen molar-refractivity contribution in [3.05, 3.63) is 30.6 Å². The van der Waals surface area contributed by atoms with Crippen LogP contribution in [0.25, 0.3) is 0 Å². The average molecular weight is 160 g/mol. The maximum Gasteiger partial charge on any atom is 0.123 e. The number of hydrogen-bond acceptors (Lipinski definition) is 4. The maximum atomic E-state index is 8.18. The molecule has 3 N–H and O–H groups in total. The van der Waals surface area contributed by atoms with E-state index in [-0.39, 0.29) is 0 Å². The number of hydrogen-bond donors (Lipinski definition) is 2. The van der Waals surface area contributed by atoms with Gasteiger partial charge in [0, 0.05) is 12.3 Å². The number of nitrogens with one attached hydrogen (secondary N) is 1. The van der Waals surface area contributed by atoms with Crippen molar-refractivity contribution >= 4 is 11.5 Å². The molecule has 0 radical (unpaired) electrons. The van der Waals surface area contributed by atoms with Crippen LogP contribution < -0.4 is 11.1 Å². The highest BCUT2D eigenvalue weighted by Crippen LogP contribution is 2.05. The Kier molecular flexibility index (Phi) is 2.68. The quantitative estimate of drug-likeness (QED) is 0.635. The number of nitrogens with zero attached hydrogens (tertiary/aromatic N) is 2. The van der Waals surface area contributed by atoms with Crippen molar-refractivity contribution in [3.8, 4) is 6.07 Å². The molecule has 0 amide bonds. The Hall–Kier alpha value is -2.02. The Balaban J connectivity index is 2.60. The van der Waals surface area contributed by atoms with Crippen LogP contribution in [0.4, 0.5) is 11.5 Å². The zero-order chi connectivity index (χ0) is 8.81. The molecule has 0 aliphatic rings. The molecular weight excluding hydrogens is 152 g/mol. The van der Waals surface area contributed by atoms with Gasteiger partial charge in [0.2, 0.25) is 0 Å². The van der Waals surface area contributed by atoms with Crippen molar-refractivity contribution in [2.75, 3.05) is 11.1 Å². The van der Waals surface area contributed by atoms with Gasteiger partial charge in [0.1, 0.15) is 5.82 Å². The highest BCUT2D eigenvalue weighted by atomic mass is 14.9. The second-order valence-corrected chi connectivity index (χ2v) is 2.08. The fourth-order valence-electron chi connectivity index (χ4n) is 0.666. The van der Waals surface area contributed by atoms with E-state index < -0.39 is 0 Å². The highest BCUT2D eigenvalue weighted by Gasteiger charge is 1.87. The SMILES string of the molecule is N#CC=CNc1ccc(N)nc1. The molecule has 0 aliphatic carbocycles. The molecule has 0 unspecified atom stereocenters. The molecule has 1 aromatic heterocycles. The van der Waals surface area contributed by atoms with Gasteiger partial charge in [-0.3, -0.25) is 0 Å². The number of rotatable bonds is 2.